The van der Waals surface area contributed by atoms with Gasteiger partial charge in [-0.3, -0.25) is 0 Å². The molecule has 0 saturated heterocycles. The van der Waals surface area contributed by atoms with Crippen LogP contribution in [0.3, 0.4) is 0 Å². The van der Waals surface area contributed by atoms with Gasteiger partial charge in [0.15, 0.2) is 0 Å². The van der Waals surface area contributed by atoms with Crippen LogP contribution in [0.5, 0.6) is 0 Å². The van der Waals surface area contributed by atoms with Gasteiger partial charge < -0.3 is 0 Å². The monoisotopic (exact) mass is 144 g/mol. The predicted molar refractivity (Wildman–Crippen MR) is 47.1 cm³/mol. The highest BCUT2D eigenvalue weighted by Crippen LogP contribution is 2.07. The van der Waals surface area contributed by atoms with Crippen LogP contribution in [0.2, 0.25) is 0 Å². The molecule has 0 aromatic heterocycles. The minimum Gasteiger partial charge on any atom is -0.179 e. The molecular formula is C8H16S. The van der Waals surface area contributed by atoms with Crippen LogP contribution < -0.4 is 0 Å². The summed E-state index contributed by atoms with van der Waals surface area (Å²) in [6.45, 7) is 5.92. The first-order valence-corrected chi connectivity index (χ1v) is 4.18. The second-order valence-electron chi connectivity index (χ2n) is 2.43. The lowest BCUT2D eigenvalue weighted by Crippen LogP contribution is -1.88. The summed E-state index contributed by atoms with van der Waals surface area (Å²) in [5, 5.41) is 0. The highest BCUT2D eigenvalue weighted by molar-refractivity contribution is 7.80. The third kappa shape index (κ3) is 5.97. The number of allylic oxidation sites excluding steroid dienone is 1. The van der Waals surface area contributed by atoms with Crippen molar-refractivity contribution >= 4 is 12.6 Å². The molecule has 0 N–H and O–H groups in total. The third-order valence-electron chi connectivity index (χ3n) is 1.47. The minimum absolute atomic E-state index is 0.685. The van der Waals surface area contributed by atoms with Crippen LogP contribution in [0.25, 0.3) is 0 Å². The molecule has 0 aliphatic carbocycles. The maximum Gasteiger partial charge on any atom is -0.00979 e. The molecule has 0 radical (unpaired) electrons. The summed E-state index contributed by atoms with van der Waals surface area (Å²) >= 11 is 4.13. The Morgan fingerprint density at radius 2 is 2.22 bits per heavy atom. The summed E-state index contributed by atoms with van der Waals surface area (Å²) in [6.07, 6.45) is 5.81. The van der Waals surface area contributed by atoms with Gasteiger partial charge in [-0.15, -0.1) is 6.58 Å². The minimum atomic E-state index is 0.685. The van der Waals surface area contributed by atoms with Gasteiger partial charge in [0.1, 0.15) is 0 Å². The van der Waals surface area contributed by atoms with E-state index in [-0.39, 0.29) is 0 Å². The molecule has 0 aromatic rings. The van der Waals surface area contributed by atoms with E-state index < -0.39 is 0 Å². The molecule has 0 bridgehead atoms. The van der Waals surface area contributed by atoms with Crippen LogP contribution in [0.15, 0.2) is 12.7 Å². The lowest BCUT2D eigenvalue weighted by atomic mass is 10.1. The number of hydrogen-bond acceptors (Lipinski definition) is 1. The molecular weight excluding hydrogens is 128 g/mol. The number of hydrogen-bond donors (Lipinski definition) is 1. The summed E-state index contributed by atoms with van der Waals surface area (Å²) in [6, 6.07) is 0. The maximum atomic E-state index is 4.13. The first-order chi connectivity index (χ1) is 4.31. The Balaban J connectivity index is 2.96. The summed E-state index contributed by atoms with van der Waals surface area (Å²) in [5.41, 5.74) is 0. The summed E-state index contributed by atoms with van der Waals surface area (Å²) in [4.78, 5) is 0. The SMILES string of the molecule is C=CC(C)CCCCS. The molecule has 0 aliphatic rings. The largest absolute Gasteiger partial charge is 0.179 e. The second-order valence-corrected chi connectivity index (χ2v) is 2.88. The first-order valence-electron chi connectivity index (χ1n) is 3.54. The highest BCUT2D eigenvalue weighted by Gasteiger charge is 1.93. The fraction of sp³-hybridized carbons (Fsp3) is 0.750. The Morgan fingerprint density at radius 1 is 1.56 bits per heavy atom. The lowest BCUT2D eigenvalue weighted by molar-refractivity contribution is 0.602. The van der Waals surface area contributed by atoms with Crippen LogP contribution >= 0.6 is 12.6 Å². The van der Waals surface area contributed by atoms with Crippen molar-refractivity contribution in [3.63, 3.8) is 0 Å². The predicted octanol–water partition coefficient (Wildman–Crippen LogP) is 2.91. The smallest absolute Gasteiger partial charge is 0.00979 e. The van der Waals surface area contributed by atoms with Crippen molar-refractivity contribution in [1.29, 1.82) is 0 Å². The molecule has 54 valence electrons. The Labute approximate surface area is 63.8 Å². The van der Waals surface area contributed by atoms with E-state index in [0.29, 0.717) is 5.92 Å². The zero-order valence-corrected chi connectivity index (χ0v) is 7.03. The fourth-order valence-electron chi connectivity index (χ4n) is 0.696. The molecule has 0 nitrogen and oxygen atoms in total. The van der Waals surface area contributed by atoms with Gasteiger partial charge in [0, 0.05) is 0 Å². The summed E-state index contributed by atoms with van der Waals surface area (Å²) in [5.74, 6) is 1.70. The molecule has 1 unspecified atom stereocenters. The van der Waals surface area contributed by atoms with Crippen LogP contribution in [-0.4, -0.2) is 5.75 Å². The Bertz CT molecular complexity index is 69.0. The number of unbranched alkanes of at least 4 members (excludes halogenated alkanes) is 1. The van der Waals surface area contributed by atoms with Crippen LogP contribution in [-0.2, 0) is 0 Å². The molecule has 1 atom stereocenters. The maximum absolute atomic E-state index is 4.13. The van der Waals surface area contributed by atoms with Crippen molar-refractivity contribution in [3.05, 3.63) is 12.7 Å². The van der Waals surface area contributed by atoms with Crippen molar-refractivity contribution in [3.8, 4) is 0 Å². The zero-order chi connectivity index (χ0) is 7.11. The quantitative estimate of drug-likeness (QED) is 0.342. The standard InChI is InChI=1S/C8H16S/c1-3-8(2)6-4-5-7-9/h3,8-9H,1,4-7H2,2H3. The Hall–Kier alpha value is 0.0900. The second kappa shape index (κ2) is 6.21. The van der Waals surface area contributed by atoms with Gasteiger partial charge in [-0.05, 0) is 24.5 Å². The highest BCUT2D eigenvalue weighted by atomic mass is 32.1. The molecule has 0 aromatic carbocycles. The third-order valence-corrected chi connectivity index (χ3v) is 1.79. The van der Waals surface area contributed by atoms with Crippen molar-refractivity contribution in [1.82, 2.24) is 0 Å². The van der Waals surface area contributed by atoms with E-state index in [9.17, 15) is 0 Å². The molecule has 0 rings (SSSR count). The molecule has 0 amide bonds. The first kappa shape index (κ1) is 9.09. The van der Waals surface area contributed by atoms with Gasteiger partial charge in [0.05, 0.1) is 0 Å². The average molecular weight is 144 g/mol. The molecule has 0 aliphatic heterocycles. The molecule has 1 heteroatoms. The number of rotatable bonds is 5. The molecule has 0 spiro atoms. The van der Waals surface area contributed by atoms with Crippen molar-refractivity contribution < 1.29 is 0 Å². The summed E-state index contributed by atoms with van der Waals surface area (Å²) < 4.78 is 0. The van der Waals surface area contributed by atoms with Gasteiger partial charge in [-0.2, -0.15) is 12.6 Å². The fourth-order valence-corrected chi connectivity index (χ4v) is 0.920. The molecule has 0 saturated carbocycles. The van der Waals surface area contributed by atoms with Gasteiger partial charge in [-0.25, -0.2) is 0 Å². The van der Waals surface area contributed by atoms with Gasteiger partial charge in [0.2, 0.25) is 0 Å². The van der Waals surface area contributed by atoms with Gasteiger partial charge >= 0.3 is 0 Å². The van der Waals surface area contributed by atoms with E-state index in [1.165, 1.54) is 19.3 Å². The van der Waals surface area contributed by atoms with E-state index in [0.717, 1.165) is 5.75 Å². The summed E-state index contributed by atoms with van der Waals surface area (Å²) in [7, 11) is 0. The lowest BCUT2D eigenvalue weighted by Gasteiger charge is -2.02. The molecule has 9 heavy (non-hydrogen) atoms. The van der Waals surface area contributed by atoms with E-state index in [2.05, 4.69) is 26.1 Å². The van der Waals surface area contributed by atoms with E-state index in [4.69, 9.17) is 0 Å². The van der Waals surface area contributed by atoms with E-state index in [1.54, 1.807) is 0 Å². The van der Waals surface area contributed by atoms with E-state index >= 15 is 0 Å². The van der Waals surface area contributed by atoms with Crippen molar-refractivity contribution in [2.24, 2.45) is 5.92 Å². The van der Waals surface area contributed by atoms with Crippen LogP contribution in [0.4, 0.5) is 0 Å². The Kier molecular flexibility index (Phi) is 6.28. The molecule has 0 heterocycles. The van der Waals surface area contributed by atoms with Crippen LogP contribution in [0, 0.1) is 5.92 Å². The topological polar surface area (TPSA) is 0 Å². The zero-order valence-electron chi connectivity index (χ0n) is 6.14. The Morgan fingerprint density at radius 3 is 2.67 bits per heavy atom. The molecule has 0 fully saturated rings. The average Bonchev–Trinajstić information content (AvgIpc) is 1.89. The van der Waals surface area contributed by atoms with Crippen LogP contribution in [0.1, 0.15) is 26.2 Å². The van der Waals surface area contributed by atoms with Crippen molar-refractivity contribution in [2.45, 2.75) is 26.2 Å². The normalized spacial score (nSPS) is 13.1. The van der Waals surface area contributed by atoms with E-state index in [1.807, 2.05) is 6.08 Å². The van der Waals surface area contributed by atoms with Gasteiger partial charge in [-0.1, -0.05) is 19.4 Å². The van der Waals surface area contributed by atoms with Crippen molar-refractivity contribution in [2.75, 3.05) is 5.75 Å². The van der Waals surface area contributed by atoms with Gasteiger partial charge in [0.25, 0.3) is 0 Å². The number of thiol groups is 1.